The second kappa shape index (κ2) is 8.33. The van der Waals surface area contributed by atoms with E-state index < -0.39 is 10.2 Å². The molecule has 0 spiro atoms. The van der Waals surface area contributed by atoms with E-state index in [0.29, 0.717) is 31.1 Å². The van der Waals surface area contributed by atoms with Crippen molar-refractivity contribution < 1.29 is 17.7 Å². The van der Waals surface area contributed by atoms with E-state index in [1.807, 2.05) is 6.92 Å². The third kappa shape index (κ3) is 4.50. The molecule has 162 valence electrons. The lowest BCUT2D eigenvalue weighted by Gasteiger charge is -2.40. The zero-order valence-electron chi connectivity index (χ0n) is 17.1. The largest absolute Gasteiger partial charge is 0.360 e. The Morgan fingerprint density at radius 1 is 1.28 bits per heavy atom. The second-order valence-corrected chi connectivity index (χ2v) is 10.6. The van der Waals surface area contributed by atoms with Crippen LogP contribution in [-0.4, -0.2) is 73.4 Å². The number of carbonyl (C=O) groups excluding carboxylic acids is 1. The first kappa shape index (κ1) is 20.8. The first-order valence-corrected chi connectivity index (χ1v) is 12.0. The Bertz CT molecular complexity index is 831. The Kier molecular flexibility index (Phi) is 5.97. The number of aromatic nitrogens is 1. The summed E-state index contributed by atoms with van der Waals surface area (Å²) < 4.78 is 34.5. The SMILES string of the molecule is C[C@H]1CN(S(=O)(=O)N(C)C2CCNCC2)CC[C@H]1NC(=O)c1cc(C2CC2)on1. The number of piperidine rings is 2. The molecule has 1 aromatic rings. The van der Waals surface area contributed by atoms with Gasteiger partial charge < -0.3 is 15.2 Å². The Hall–Kier alpha value is -1.49. The van der Waals surface area contributed by atoms with Crippen molar-refractivity contribution >= 4 is 16.1 Å². The normalized spacial score (nSPS) is 27.3. The zero-order chi connectivity index (χ0) is 20.6. The molecule has 2 saturated heterocycles. The van der Waals surface area contributed by atoms with E-state index in [-0.39, 0.29) is 23.9 Å². The van der Waals surface area contributed by atoms with Crippen LogP contribution < -0.4 is 10.6 Å². The summed E-state index contributed by atoms with van der Waals surface area (Å²) in [6.45, 7) is 4.47. The van der Waals surface area contributed by atoms with Gasteiger partial charge in [-0.05, 0) is 51.1 Å². The van der Waals surface area contributed by atoms with E-state index in [9.17, 15) is 13.2 Å². The molecule has 1 saturated carbocycles. The smallest absolute Gasteiger partial charge is 0.281 e. The molecule has 3 aliphatic rings. The van der Waals surface area contributed by atoms with Crippen LogP contribution in [0.5, 0.6) is 0 Å². The molecule has 1 amide bonds. The molecule has 3 fully saturated rings. The number of rotatable bonds is 6. The number of hydrogen-bond donors (Lipinski definition) is 2. The van der Waals surface area contributed by atoms with Crippen molar-refractivity contribution in [2.24, 2.45) is 5.92 Å². The Labute approximate surface area is 172 Å². The number of nitrogens with one attached hydrogen (secondary N) is 2. The van der Waals surface area contributed by atoms with Crippen LogP contribution in [0.25, 0.3) is 0 Å². The van der Waals surface area contributed by atoms with Crippen LogP contribution in [0.15, 0.2) is 10.6 Å². The van der Waals surface area contributed by atoms with Gasteiger partial charge in [0.2, 0.25) is 0 Å². The predicted molar refractivity (Wildman–Crippen MR) is 108 cm³/mol. The molecule has 0 radical (unpaired) electrons. The molecule has 3 heterocycles. The van der Waals surface area contributed by atoms with Crippen LogP contribution in [-0.2, 0) is 10.2 Å². The topological polar surface area (TPSA) is 108 Å². The highest BCUT2D eigenvalue weighted by Gasteiger charge is 2.38. The van der Waals surface area contributed by atoms with Gasteiger partial charge in [-0.2, -0.15) is 17.0 Å². The van der Waals surface area contributed by atoms with Crippen LogP contribution >= 0.6 is 0 Å². The summed E-state index contributed by atoms with van der Waals surface area (Å²) in [7, 11) is -1.81. The molecule has 4 rings (SSSR count). The van der Waals surface area contributed by atoms with E-state index >= 15 is 0 Å². The third-order valence-electron chi connectivity index (χ3n) is 6.44. The van der Waals surface area contributed by atoms with E-state index in [1.165, 1.54) is 4.31 Å². The summed E-state index contributed by atoms with van der Waals surface area (Å²) >= 11 is 0. The molecule has 2 atom stereocenters. The van der Waals surface area contributed by atoms with Gasteiger partial charge >= 0.3 is 0 Å². The van der Waals surface area contributed by atoms with Crippen LogP contribution in [0, 0.1) is 5.92 Å². The summed E-state index contributed by atoms with van der Waals surface area (Å²) in [6.07, 6.45) is 4.42. The lowest BCUT2D eigenvalue weighted by molar-refractivity contribution is 0.0890. The van der Waals surface area contributed by atoms with Crippen molar-refractivity contribution in [3.05, 3.63) is 17.5 Å². The summed E-state index contributed by atoms with van der Waals surface area (Å²) in [5.41, 5.74) is 0.305. The molecule has 1 aliphatic carbocycles. The van der Waals surface area contributed by atoms with Gasteiger partial charge in [-0.15, -0.1) is 0 Å². The van der Waals surface area contributed by atoms with Gasteiger partial charge in [0, 0.05) is 44.2 Å². The Morgan fingerprint density at radius 3 is 2.66 bits per heavy atom. The molecule has 1 aromatic heterocycles. The minimum absolute atomic E-state index is 0.0127. The van der Waals surface area contributed by atoms with Gasteiger partial charge in [0.15, 0.2) is 5.69 Å². The summed E-state index contributed by atoms with van der Waals surface area (Å²) in [4.78, 5) is 12.5. The summed E-state index contributed by atoms with van der Waals surface area (Å²) in [6, 6.07) is 1.69. The van der Waals surface area contributed by atoms with Gasteiger partial charge in [0.25, 0.3) is 16.1 Å². The molecule has 0 aromatic carbocycles. The monoisotopic (exact) mass is 425 g/mol. The van der Waals surface area contributed by atoms with Gasteiger partial charge in [0.1, 0.15) is 5.76 Å². The molecule has 29 heavy (non-hydrogen) atoms. The van der Waals surface area contributed by atoms with E-state index in [4.69, 9.17) is 4.52 Å². The Morgan fingerprint density at radius 2 is 2.00 bits per heavy atom. The standard InChI is InChI=1S/C19H31N5O4S/c1-13-12-24(29(26,27)23(2)15-5-8-20-9-6-15)10-7-16(13)21-19(25)17-11-18(28-22-17)14-3-4-14/h11,13-16,20H,3-10,12H2,1-2H3,(H,21,25)/t13-,16+/m0/s1. The maximum atomic E-state index is 13.1. The fourth-order valence-electron chi connectivity index (χ4n) is 4.27. The maximum Gasteiger partial charge on any atom is 0.281 e. The number of carbonyl (C=O) groups is 1. The fourth-order valence-corrected chi connectivity index (χ4v) is 5.98. The molecular weight excluding hydrogens is 394 g/mol. The molecule has 9 nitrogen and oxygen atoms in total. The fraction of sp³-hybridized carbons (Fsp3) is 0.789. The minimum Gasteiger partial charge on any atom is -0.360 e. The van der Waals surface area contributed by atoms with Crippen molar-refractivity contribution in [3.63, 3.8) is 0 Å². The number of amides is 1. The highest BCUT2D eigenvalue weighted by Crippen LogP contribution is 2.40. The third-order valence-corrected chi connectivity index (χ3v) is 8.45. The molecule has 0 bridgehead atoms. The van der Waals surface area contributed by atoms with E-state index in [1.54, 1.807) is 17.4 Å². The molecule has 0 unspecified atom stereocenters. The van der Waals surface area contributed by atoms with Crippen LogP contribution in [0.1, 0.15) is 61.2 Å². The molecule has 2 aliphatic heterocycles. The minimum atomic E-state index is -3.50. The second-order valence-electron chi connectivity index (χ2n) is 8.60. The van der Waals surface area contributed by atoms with Gasteiger partial charge in [-0.25, -0.2) is 0 Å². The van der Waals surface area contributed by atoms with Crippen LogP contribution in [0.3, 0.4) is 0 Å². The van der Waals surface area contributed by atoms with E-state index in [2.05, 4.69) is 15.8 Å². The Balaban J connectivity index is 1.34. The molecular formula is C19H31N5O4S. The molecule has 2 N–H and O–H groups in total. The lowest BCUT2D eigenvalue weighted by atomic mass is 9.95. The first-order chi connectivity index (χ1) is 13.9. The summed E-state index contributed by atoms with van der Waals surface area (Å²) in [5, 5.41) is 10.2. The quantitative estimate of drug-likeness (QED) is 0.702. The number of nitrogens with zero attached hydrogens (tertiary/aromatic N) is 3. The maximum absolute atomic E-state index is 13.1. The van der Waals surface area contributed by atoms with Gasteiger partial charge in [-0.3, -0.25) is 4.79 Å². The number of hydrogen-bond acceptors (Lipinski definition) is 6. The lowest BCUT2D eigenvalue weighted by Crippen LogP contribution is -2.56. The first-order valence-electron chi connectivity index (χ1n) is 10.6. The van der Waals surface area contributed by atoms with Gasteiger partial charge in [0.05, 0.1) is 0 Å². The highest BCUT2D eigenvalue weighted by molar-refractivity contribution is 7.86. The van der Waals surface area contributed by atoms with E-state index in [0.717, 1.165) is 44.5 Å². The van der Waals surface area contributed by atoms with Crippen molar-refractivity contribution in [3.8, 4) is 0 Å². The van der Waals surface area contributed by atoms with Crippen molar-refractivity contribution in [1.29, 1.82) is 0 Å². The van der Waals surface area contributed by atoms with Crippen molar-refractivity contribution in [2.75, 3.05) is 33.2 Å². The predicted octanol–water partition coefficient (Wildman–Crippen LogP) is 0.921. The van der Waals surface area contributed by atoms with Crippen molar-refractivity contribution in [2.45, 2.75) is 57.0 Å². The van der Waals surface area contributed by atoms with Crippen LogP contribution in [0.2, 0.25) is 0 Å². The highest BCUT2D eigenvalue weighted by atomic mass is 32.2. The average Bonchev–Trinajstić information content (AvgIpc) is 3.45. The van der Waals surface area contributed by atoms with Crippen LogP contribution in [0.4, 0.5) is 0 Å². The van der Waals surface area contributed by atoms with Gasteiger partial charge in [-0.1, -0.05) is 12.1 Å². The molecule has 10 heteroatoms. The average molecular weight is 426 g/mol. The summed E-state index contributed by atoms with van der Waals surface area (Å²) in [5.74, 6) is 0.956. The zero-order valence-corrected chi connectivity index (χ0v) is 18.0. The van der Waals surface area contributed by atoms with Crippen molar-refractivity contribution in [1.82, 2.24) is 24.4 Å².